The average molecular weight is 696 g/mol. The number of amides is 2. The lowest BCUT2D eigenvalue weighted by Gasteiger charge is -2.22. The van der Waals surface area contributed by atoms with Crippen LogP contribution >= 0.6 is 0 Å². The van der Waals surface area contributed by atoms with Gasteiger partial charge in [-0.2, -0.15) is 13.2 Å². The highest BCUT2D eigenvalue weighted by Gasteiger charge is 2.27. The largest absolute Gasteiger partial charge is 0.493 e. The Bertz CT molecular complexity index is 1790. The quantitative estimate of drug-likeness (QED) is 0.0445. The van der Waals surface area contributed by atoms with Gasteiger partial charge in [-0.1, -0.05) is 18.2 Å². The second-order valence-electron chi connectivity index (χ2n) is 10.6. The summed E-state index contributed by atoms with van der Waals surface area (Å²) >= 11 is 0. The second-order valence-corrected chi connectivity index (χ2v) is 10.6. The third kappa shape index (κ3) is 11.3. The maximum Gasteiger partial charge on any atom is 0.412 e. The molecule has 0 atom stereocenters. The zero-order valence-corrected chi connectivity index (χ0v) is 26.8. The lowest BCUT2D eigenvalue weighted by molar-refractivity contribution is -0.141. The molecule has 0 aliphatic heterocycles. The molecule has 0 aliphatic rings. The first-order valence-electron chi connectivity index (χ1n) is 15.2. The average Bonchev–Trinajstić information content (AvgIpc) is 3.08. The van der Waals surface area contributed by atoms with Crippen molar-refractivity contribution >= 4 is 35.3 Å². The van der Waals surface area contributed by atoms with E-state index in [0.29, 0.717) is 35.6 Å². The van der Waals surface area contributed by atoms with Crippen molar-refractivity contribution in [3.05, 3.63) is 114 Å². The monoisotopic (exact) mass is 695 g/mol. The first-order valence-corrected chi connectivity index (χ1v) is 15.2. The third-order valence-corrected chi connectivity index (χ3v) is 7.00. The number of carbonyl (C=O) groups is 3. The Kier molecular flexibility index (Phi) is 12.8. The van der Waals surface area contributed by atoms with E-state index < -0.39 is 43.0 Å². The fraction of sp³-hybridized carbons (Fsp3) is 0.229. The van der Waals surface area contributed by atoms with Crippen LogP contribution in [-0.2, 0) is 16.0 Å². The third-order valence-electron chi connectivity index (χ3n) is 7.00. The van der Waals surface area contributed by atoms with E-state index in [-0.39, 0.29) is 30.3 Å². The zero-order valence-electron chi connectivity index (χ0n) is 26.8. The van der Waals surface area contributed by atoms with Crippen LogP contribution in [0.5, 0.6) is 11.5 Å². The number of amidine groups is 1. The van der Waals surface area contributed by atoms with Crippen molar-refractivity contribution in [1.82, 2.24) is 10.3 Å². The van der Waals surface area contributed by atoms with Gasteiger partial charge in [-0.15, -0.1) is 0 Å². The van der Waals surface area contributed by atoms with Gasteiger partial charge in [-0.3, -0.25) is 25.2 Å². The SMILES string of the molecule is COc1ccc(F)cc1OC(=O)CCN(C(=O)c1cccc(CCNc2ccc(C(=N)NC(=O)OCCC(F)(F)F)cc2)c1)c1ccccn1. The summed E-state index contributed by atoms with van der Waals surface area (Å²) in [5.41, 5.74) is 2.22. The molecule has 0 fully saturated rings. The van der Waals surface area contributed by atoms with Gasteiger partial charge in [0, 0.05) is 42.2 Å². The first kappa shape index (κ1) is 36.8. The van der Waals surface area contributed by atoms with Crippen LogP contribution in [0.3, 0.4) is 0 Å². The van der Waals surface area contributed by atoms with E-state index in [1.54, 1.807) is 60.7 Å². The number of halogens is 4. The number of esters is 1. The number of rotatable bonds is 14. The second kappa shape index (κ2) is 17.4. The Balaban J connectivity index is 1.32. The molecule has 262 valence electrons. The number of anilines is 2. The molecule has 0 saturated heterocycles. The highest BCUT2D eigenvalue weighted by atomic mass is 19.4. The summed E-state index contributed by atoms with van der Waals surface area (Å²) in [6, 6.07) is 22.0. The van der Waals surface area contributed by atoms with Crippen molar-refractivity contribution < 1.29 is 46.2 Å². The zero-order chi connectivity index (χ0) is 36.1. The molecular weight excluding hydrogens is 662 g/mol. The van der Waals surface area contributed by atoms with Crippen LogP contribution in [0.2, 0.25) is 0 Å². The highest BCUT2D eigenvalue weighted by molar-refractivity contribution is 6.06. The normalized spacial score (nSPS) is 10.9. The molecule has 2 amide bonds. The van der Waals surface area contributed by atoms with E-state index in [9.17, 15) is 31.9 Å². The number of alkyl carbamates (subject to hydrolysis) is 1. The summed E-state index contributed by atoms with van der Waals surface area (Å²) in [4.78, 5) is 43.7. The van der Waals surface area contributed by atoms with Crippen LogP contribution in [0.25, 0.3) is 0 Å². The van der Waals surface area contributed by atoms with Gasteiger partial charge in [0.15, 0.2) is 11.5 Å². The molecule has 0 bridgehead atoms. The van der Waals surface area contributed by atoms with Crippen molar-refractivity contribution in [2.24, 2.45) is 0 Å². The van der Waals surface area contributed by atoms with Gasteiger partial charge in [0.25, 0.3) is 5.91 Å². The fourth-order valence-electron chi connectivity index (χ4n) is 4.53. The predicted molar refractivity (Wildman–Crippen MR) is 176 cm³/mol. The molecular formula is C35H33F4N5O6. The van der Waals surface area contributed by atoms with Crippen molar-refractivity contribution in [2.75, 3.05) is 37.0 Å². The number of hydrogen-bond acceptors (Lipinski definition) is 9. The number of methoxy groups -OCH3 is 1. The number of pyridine rings is 1. The number of nitrogens with zero attached hydrogens (tertiary/aromatic N) is 2. The van der Waals surface area contributed by atoms with Crippen molar-refractivity contribution in [3.8, 4) is 11.5 Å². The molecule has 50 heavy (non-hydrogen) atoms. The topological polar surface area (TPSA) is 143 Å². The highest BCUT2D eigenvalue weighted by Crippen LogP contribution is 2.28. The minimum absolute atomic E-state index is 0.0691. The van der Waals surface area contributed by atoms with Gasteiger partial charge < -0.3 is 19.5 Å². The van der Waals surface area contributed by atoms with Crippen LogP contribution in [0, 0.1) is 11.2 Å². The summed E-state index contributed by atoms with van der Waals surface area (Å²) in [6.45, 7) is -0.449. The molecule has 4 aromatic rings. The summed E-state index contributed by atoms with van der Waals surface area (Å²) in [5, 5.41) is 13.3. The van der Waals surface area contributed by atoms with Gasteiger partial charge in [-0.05, 0) is 72.6 Å². The van der Waals surface area contributed by atoms with E-state index in [1.165, 1.54) is 30.3 Å². The van der Waals surface area contributed by atoms with Gasteiger partial charge in [0.1, 0.15) is 24.1 Å². The molecule has 0 aliphatic carbocycles. The predicted octanol–water partition coefficient (Wildman–Crippen LogP) is 6.53. The van der Waals surface area contributed by atoms with Crippen LogP contribution in [0.4, 0.5) is 33.9 Å². The van der Waals surface area contributed by atoms with E-state index >= 15 is 0 Å². The van der Waals surface area contributed by atoms with Crippen molar-refractivity contribution in [2.45, 2.75) is 25.4 Å². The van der Waals surface area contributed by atoms with Gasteiger partial charge in [-0.25, -0.2) is 14.2 Å². The van der Waals surface area contributed by atoms with Gasteiger partial charge >= 0.3 is 18.2 Å². The Morgan fingerprint density at radius 3 is 2.40 bits per heavy atom. The molecule has 0 spiro atoms. The lowest BCUT2D eigenvalue weighted by atomic mass is 10.1. The molecule has 11 nitrogen and oxygen atoms in total. The summed E-state index contributed by atoms with van der Waals surface area (Å²) in [7, 11) is 1.36. The molecule has 0 saturated carbocycles. The van der Waals surface area contributed by atoms with Gasteiger partial charge in [0.05, 0.1) is 20.0 Å². The molecule has 1 aromatic heterocycles. The molecule has 4 rings (SSSR count). The molecule has 0 radical (unpaired) electrons. The van der Waals surface area contributed by atoms with E-state index in [0.717, 1.165) is 11.6 Å². The number of alkyl halides is 3. The maximum atomic E-state index is 13.7. The van der Waals surface area contributed by atoms with E-state index in [2.05, 4.69) is 20.4 Å². The number of carbonyl (C=O) groups excluding carboxylic acids is 3. The Morgan fingerprint density at radius 1 is 0.920 bits per heavy atom. The Morgan fingerprint density at radius 2 is 1.70 bits per heavy atom. The number of benzene rings is 3. The van der Waals surface area contributed by atoms with Gasteiger partial charge in [0.2, 0.25) is 0 Å². The van der Waals surface area contributed by atoms with Crippen molar-refractivity contribution in [1.29, 1.82) is 5.41 Å². The lowest BCUT2D eigenvalue weighted by Crippen LogP contribution is -2.34. The molecule has 3 N–H and O–H groups in total. The summed E-state index contributed by atoms with van der Waals surface area (Å²) in [6.07, 6.45) is -5.07. The molecule has 0 unspecified atom stereocenters. The van der Waals surface area contributed by atoms with Crippen LogP contribution < -0.4 is 25.0 Å². The summed E-state index contributed by atoms with van der Waals surface area (Å²) < 4.78 is 65.3. The maximum absolute atomic E-state index is 13.7. The summed E-state index contributed by atoms with van der Waals surface area (Å²) in [5.74, 6) is -1.61. The molecule has 1 heterocycles. The van der Waals surface area contributed by atoms with Crippen LogP contribution in [0.1, 0.15) is 34.3 Å². The fourth-order valence-corrected chi connectivity index (χ4v) is 4.53. The van der Waals surface area contributed by atoms with Crippen molar-refractivity contribution in [3.63, 3.8) is 0 Å². The number of nitrogens with one attached hydrogen (secondary N) is 3. The molecule has 15 heteroatoms. The number of ether oxygens (including phenoxy) is 3. The Labute approximate surface area is 284 Å². The number of hydrogen-bond donors (Lipinski definition) is 3. The number of aromatic nitrogens is 1. The minimum atomic E-state index is -4.46. The first-order chi connectivity index (χ1) is 23.9. The van der Waals surface area contributed by atoms with Crippen LogP contribution in [0.15, 0.2) is 91.1 Å². The van der Waals surface area contributed by atoms with E-state index in [4.69, 9.17) is 14.9 Å². The van der Waals surface area contributed by atoms with E-state index in [1.807, 2.05) is 6.07 Å². The minimum Gasteiger partial charge on any atom is -0.493 e. The standard InChI is InChI=1S/C35H33F4N5O6/c1-48-28-13-10-26(36)22-29(28)50-31(45)15-19-44(30-7-2-3-17-42-30)33(46)25-6-4-5-23(21-25)14-18-41-27-11-8-24(9-12-27)32(40)43-34(47)49-20-16-35(37,38)39/h2-13,17,21-22,41H,14-16,18-20H2,1H3,(H2,40,43,47). The van der Waals surface area contributed by atoms with Crippen LogP contribution in [-0.4, -0.2) is 61.8 Å². The Hall–Kier alpha value is -5.99. The molecule has 3 aromatic carbocycles. The smallest absolute Gasteiger partial charge is 0.412 e.